The van der Waals surface area contributed by atoms with Gasteiger partial charge in [-0.25, -0.2) is 9.18 Å². The molecule has 8 nitrogen and oxygen atoms in total. The minimum Gasteiger partial charge on any atom is -0.482 e. The van der Waals surface area contributed by atoms with Gasteiger partial charge in [-0.1, -0.05) is 44.2 Å². The van der Waals surface area contributed by atoms with Crippen LogP contribution in [0.2, 0.25) is 0 Å². The predicted molar refractivity (Wildman–Crippen MR) is 163 cm³/mol. The van der Waals surface area contributed by atoms with Crippen LogP contribution in [0.25, 0.3) is 10.9 Å². The minimum atomic E-state index is -2.95. The van der Waals surface area contributed by atoms with Crippen molar-refractivity contribution in [3.8, 4) is 11.5 Å². The highest BCUT2D eigenvalue weighted by atomic mass is 19.3. The van der Waals surface area contributed by atoms with E-state index in [-0.39, 0.29) is 18.0 Å². The maximum Gasteiger partial charge on any atom is 0.387 e. The van der Waals surface area contributed by atoms with Gasteiger partial charge in [0.2, 0.25) is 0 Å². The molecule has 0 unspecified atom stereocenters. The number of alkyl halides is 2. The van der Waals surface area contributed by atoms with Gasteiger partial charge in [0.05, 0.1) is 17.7 Å². The van der Waals surface area contributed by atoms with Crippen LogP contribution >= 0.6 is 0 Å². The summed E-state index contributed by atoms with van der Waals surface area (Å²) < 4.78 is 51.4. The number of benzene rings is 4. The normalized spacial score (nSPS) is 11.2. The molecular weight excluding hydrogens is 587 g/mol. The van der Waals surface area contributed by atoms with Crippen molar-refractivity contribution in [3.63, 3.8) is 0 Å². The van der Waals surface area contributed by atoms with Gasteiger partial charge < -0.3 is 14.6 Å². The number of fused-ring (bicyclic) bond motifs is 1. The second-order valence-corrected chi connectivity index (χ2v) is 10.1. The van der Waals surface area contributed by atoms with E-state index in [2.05, 4.69) is 9.84 Å². The summed E-state index contributed by atoms with van der Waals surface area (Å²) >= 11 is 0. The average Bonchev–Trinajstić information content (AvgIpc) is 3.38. The summed E-state index contributed by atoms with van der Waals surface area (Å²) in [6.45, 7) is 0.574. The van der Waals surface area contributed by atoms with E-state index >= 15 is 0 Å². The van der Waals surface area contributed by atoms with Crippen LogP contribution in [0, 0.1) is 5.82 Å². The molecule has 1 amide bonds. The third-order valence-corrected chi connectivity index (χ3v) is 7.28. The zero-order chi connectivity index (χ0) is 32.1. The maximum absolute atomic E-state index is 14.6. The van der Waals surface area contributed by atoms with Crippen molar-refractivity contribution in [1.82, 2.24) is 9.78 Å². The lowest BCUT2D eigenvalue weighted by Gasteiger charge is -2.27. The highest BCUT2D eigenvalue weighted by Crippen LogP contribution is 2.38. The molecule has 1 heterocycles. The molecule has 0 aliphatic rings. The van der Waals surface area contributed by atoms with Gasteiger partial charge in [0.1, 0.15) is 17.3 Å². The first-order chi connectivity index (χ1) is 21.7. The largest absolute Gasteiger partial charge is 0.482 e. The summed E-state index contributed by atoms with van der Waals surface area (Å²) in [6, 6.07) is 22.5. The third kappa shape index (κ3) is 6.77. The van der Waals surface area contributed by atoms with Crippen molar-refractivity contribution in [3.05, 3.63) is 113 Å². The van der Waals surface area contributed by atoms with Crippen LogP contribution in [0.3, 0.4) is 0 Å². The van der Waals surface area contributed by atoms with Crippen molar-refractivity contribution in [2.24, 2.45) is 0 Å². The van der Waals surface area contributed by atoms with Crippen LogP contribution in [0.1, 0.15) is 41.0 Å². The van der Waals surface area contributed by atoms with Gasteiger partial charge in [0.15, 0.2) is 12.3 Å². The SMILES string of the molecule is CCc1c(OCC(=O)O)ccc(N(C(=O)c2nn(Cc3ccc(OC(F)F)cc3)c3ccc(F)cc23)c2ccccc2)c1CC. The Labute approximate surface area is 257 Å². The number of hydrogen-bond acceptors (Lipinski definition) is 5. The summed E-state index contributed by atoms with van der Waals surface area (Å²) in [5.74, 6) is -1.73. The van der Waals surface area contributed by atoms with Crippen molar-refractivity contribution < 1.29 is 37.3 Å². The Morgan fingerprint density at radius 3 is 2.29 bits per heavy atom. The van der Waals surface area contributed by atoms with Crippen LogP contribution < -0.4 is 14.4 Å². The number of aromatic nitrogens is 2. The highest BCUT2D eigenvalue weighted by Gasteiger charge is 2.29. The monoisotopic (exact) mass is 617 g/mol. The summed E-state index contributed by atoms with van der Waals surface area (Å²) in [6.07, 6.45) is 1.03. The molecule has 0 spiro atoms. The van der Waals surface area contributed by atoms with Gasteiger partial charge in [0, 0.05) is 11.1 Å². The third-order valence-electron chi connectivity index (χ3n) is 7.28. The lowest BCUT2D eigenvalue weighted by atomic mass is 9.98. The molecular formula is C34H30F3N3O5. The molecule has 11 heteroatoms. The molecule has 0 aliphatic carbocycles. The molecule has 5 aromatic rings. The van der Waals surface area contributed by atoms with Gasteiger partial charge in [-0.2, -0.15) is 13.9 Å². The number of anilines is 2. The minimum absolute atomic E-state index is 0.00747. The maximum atomic E-state index is 14.6. The lowest BCUT2D eigenvalue weighted by molar-refractivity contribution is -0.139. The van der Waals surface area contributed by atoms with Crippen LogP contribution in [0.15, 0.2) is 84.9 Å². The Morgan fingerprint density at radius 1 is 0.933 bits per heavy atom. The molecule has 0 bridgehead atoms. The number of carboxylic acids is 1. The van der Waals surface area contributed by atoms with Crippen molar-refractivity contribution >= 4 is 34.2 Å². The van der Waals surface area contributed by atoms with E-state index in [1.165, 1.54) is 35.2 Å². The van der Waals surface area contributed by atoms with Crippen LogP contribution in [-0.2, 0) is 24.2 Å². The molecule has 0 saturated carbocycles. The van der Waals surface area contributed by atoms with Crippen molar-refractivity contribution in [1.29, 1.82) is 0 Å². The molecule has 1 aromatic heterocycles. The van der Waals surface area contributed by atoms with Crippen molar-refractivity contribution in [2.75, 3.05) is 11.5 Å². The smallest absolute Gasteiger partial charge is 0.387 e. The number of carboxylic acid groups (broad SMARTS) is 1. The average molecular weight is 618 g/mol. The summed E-state index contributed by atoms with van der Waals surface area (Å²) in [4.78, 5) is 27.3. The standard InChI is InChI=1S/C34H30F3N3O5/c1-3-25-26(4-2)30(44-20-31(41)42)17-16-29(25)40(23-8-6-5-7-9-23)33(43)32-27-18-22(35)12-15-28(27)39(38-32)19-21-10-13-24(14-11-21)45-34(36)37/h5-18,34H,3-4,19-20H2,1-2H3,(H,41,42). The van der Waals surface area contributed by atoms with Crippen LogP contribution in [0.4, 0.5) is 24.5 Å². The number of carbonyl (C=O) groups is 2. The number of carbonyl (C=O) groups excluding carboxylic acids is 1. The topological polar surface area (TPSA) is 93.9 Å². The van der Waals surface area contributed by atoms with Crippen molar-refractivity contribution in [2.45, 2.75) is 39.8 Å². The molecule has 0 saturated heterocycles. The van der Waals surface area contributed by atoms with E-state index in [4.69, 9.17) is 9.84 Å². The first-order valence-electron chi connectivity index (χ1n) is 14.3. The van der Waals surface area contributed by atoms with E-state index in [1.807, 2.05) is 19.9 Å². The highest BCUT2D eigenvalue weighted by molar-refractivity contribution is 6.16. The second kappa shape index (κ2) is 13.5. The summed E-state index contributed by atoms with van der Waals surface area (Å²) in [5.41, 5.74) is 3.88. The Kier molecular flexibility index (Phi) is 9.36. The predicted octanol–water partition coefficient (Wildman–Crippen LogP) is 7.39. The molecule has 45 heavy (non-hydrogen) atoms. The summed E-state index contributed by atoms with van der Waals surface area (Å²) in [7, 11) is 0. The van der Waals surface area contributed by atoms with Crippen LogP contribution in [0.5, 0.6) is 11.5 Å². The number of para-hydroxylation sites is 1. The molecule has 1 N–H and O–H groups in total. The summed E-state index contributed by atoms with van der Waals surface area (Å²) in [5, 5.41) is 14.1. The van der Waals surface area contributed by atoms with Gasteiger partial charge in [-0.3, -0.25) is 14.4 Å². The quantitative estimate of drug-likeness (QED) is 0.157. The molecule has 0 fully saturated rings. The zero-order valence-electron chi connectivity index (χ0n) is 24.5. The fourth-order valence-corrected chi connectivity index (χ4v) is 5.35. The van der Waals surface area contributed by atoms with E-state index in [0.717, 1.165) is 11.1 Å². The fourth-order valence-electron chi connectivity index (χ4n) is 5.35. The number of halogens is 3. The van der Waals surface area contributed by atoms with Gasteiger partial charge >= 0.3 is 12.6 Å². The molecule has 0 radical (unpaired) electrons. The van der Waals surface area contributed by atoms with Gasteiger partial charge in [-0.05, 0) is 84.1 Å². The molecule has 4 aromatic carbocycles. The number of amides is 1. The van der Waals surface area contributed by atoms with Gasteiger partial charge in [-0.15, -0.1) is 0 Å². The Balaban J connectivity index is 1.62. The van der Waals surface area contributed by atoms with E-state index in [9.17, 15) is 22.8 Å². The molecule has 232 valence electrons. The van der Waals surface area contributed by atoms with Crippen LogP contribution in [-0.4, -0.2) is 40.0 Å². The molecule has 5 rings (SSSR count). The first kappa shape index (κ1) is 31.1. The Hall–Kier alpha value is -5.32. The van der Waals surface area contributed by atoms with E-state index in [0.29, 0.717) is 46.4 Å². The van der Waals surface area contributed by atoms with Gasteiger partial charge in [0.25, 0.3) is 5.91 Å². The van der Waals surface area contributed by atoms with E-state index in [1.54, 1.807) is 53.2 Å². The number of ether oxygens (including phenoxy) is 2. The number of rotatable bonds is 12. The Bertz CT molecular complexity index is 1830. The number of aliphatic carboxylic acids is 1. The molecule has 0 aliphatic heterocycles. The Morgan fingerprint density at radius 2 is 1.64 bits per heavy atom. The second-order valence-electron chi connectivity index (χ2n) is 10.1. The molecule has 0 atom stereocenters. The first-order valence-corrected chi connectivity index (χ1v) is 14.3. The zero-order valence-corrected chi connectivity index (χ0v) is 24.5. The lowest BCUT2D eigenvalue weighted by Crippen LogP contribution is -2.28. The fraction of sp³-hybridized carbons (Fsp3) is 0.206. The van der Waals surface area contributed by atoms with E-state index < -0.39 is 30.9 Å². The number of hydrogen-bond donors (Lipinski definition) is 1. The number of nitrogens with zero attached hydrogens (tertiary/aromatic N) is 3.